The van der Waals surface area contributed by atoms with Gasteiger partial charge in [-0.1, -0.05) is 17.8 Å². The lowest BCUT2D eigenvalue weighted by Crippen LogP contribution is -2.27. The molecule has 0 aliphatic heterocycles. The quantitative estimate of drug-likeness (QED) is 0.780. The number of rotatable bonds is 5. The van der Waals surface area contributed by atoms with Crippen molar-refractivity contribution < 1.29 is 9.90 Å². The van der Waals surface area contributed by atoms with Gasteiger partial charge in [-0.15, -0.1) is 0 Å². The summed E-state index contributed by atoms with van der Waals surface area (Å²) in [6.07, 6.45) is 3.36. The second-order valence-electron chi connectivity index (χ2n) is 4.24. The zero-order valence-corrected chi connectivity index (χ0v) is 10.5. The Balaban J connectivity index is 1.79. The number of aliphatic hydroxyl groups excluding tert-OH is 1. The standard InChI is InChI=1S/C12H16N2O2S/c1-8(15)9-2-5-12(13-6-9)17-7-11(16)14-10-3-4-10/h2,5-6,8,10,15H,3-4,7H2,1H3,(H,14,16)/t8-/m0/s1. The highest BCUT2D eigenvalue weighted by atomic mass is 32.2. The Hall–Kier alpha value is -1.07. The van der Waals surface area contributed by atoms with Gasteiger partial charge in [-0.25, -0.2) is 4.98 Å². The van der Waals surface area contributed by atoms with E-state index in [9.17, 15) is 9.90 Å². The van der Waals surface area contributed by atoms with Crippen LogP contribution in [-0.4, -0.2) is 27.8 Å². The molecule has 92 valence electrons. The maximum atomic E-state index is 11.4. The molecule has 0 unspecified atom stereocenters. The molecule has 0 aromatic carbocycles. The fourth-order valence-corrected chi connectivity index (χ4v) is 2.01. The van der Waals surface area contributed by atoms with E-state index < -0.39 is 6.10 Å². The van der Waals surface area contributed by atoms with E-state index in [0.29, 0.717) is 11.8 Å². The fourth-order valence-electron chi connectivity index (χ4n) is 1.36. The van der Waals surface area contributed by atoms with Crippen molar-refractivity contribution in [2.45, 2.75) is 36.9 Å². The molecular weight excluding hydrogens is 236 g/mol. The smallest absolute Gasteiger partial charge is 0.230 e. The topological polar surface area (TPSA) is 62.2 Å². The van der Waals surface area contributed by atoms with Crippen molar-refractivity contribution >= 4 is 17.7 Å². The Kier molecular flexibility index (Phi) is 4.02. The molecule has 1 aromatic rings. The van der Waals surface area contributed by atoms with Gasteiger partial charge in [-0.2, -0.15) is 0 Å². The predicted molar refractivity (Wildman–Crippen MR) is 66.8 cm³/mol. The van der Waals surface area contributed by atoms with Gasteiger partial charge >= 0.3 is 0 Å². The van der Waals surface area contributed by atoms with Crippen LogP contribution >= 0.6 is 11.8 Å². The Morgan fingerprint density at radius 2 is 2.41 bits per heavy atom. The first kappa shape index (κ1) is 12.4. The summed E-state index contributed by atoms with van der Waals surface area (Å²) in [6.45, 7) is 1.70. The Bertz CT molecular complexity index is 388. The van der Waals surface area contributed by atoms with Crippen molar-refractivity contribution in [2.75, 3.05) is 5.75 Å². The molecule has 1 saturated carbocycles. The van der Waals surface area contributed by atoms with E-state index in [1.165, 1.54) is 11.8 Å². The molecule has 1 amide bonds. The van der Waals surface area contributed by atoms with Gasteiger partial charge in [0.25, 0.3) is 0 Å². The summed E-state index contributed by atoms with van der Waals surface area (Å²) in [7, 11) is 0. The number of aromatic nitrogens is 1. The molecule has 2 rings (SSSR count). The molecular formula is C12H16N2O2S. The van der Waals surface area contributed by atoms with E-state index in [4.69, 9.17) is 0 Å². The number of carbonyl (C=O) groups excluding carboxylic acids is 1. The van der Waals surface area contributed by atoms with Crippen LogP contribution in [0.3, 0.4) is 0 Å². The molecule has 1 atom stereocenters. The molecule has 1 fully saturated rings. The van der Waals surface area contributed by atoms with E-state index in [1.54, 1.807) is 13.1 Å². The van der Waals surface area contributed by atoms with Crippen LogP contribution in [0.25, 0.3) is 0 Å². The van der Waals surface area contributed by atoms with E-state index in [1.807, 2.05) is 12.1 Å². The molecule has 1 heterocycles. The average Bonchev–Trinajstić information content (AvgIpc) is 3.11. The van der Waals surface area contributed by atoms with Crippen LogP contribution in [-0.2, 0) is 4.79 Å². The maximum absolute atomic E-state index is 11.4. The molecule has 2 N–H and O–H groups in total. The summed E-state index contributed by atoms with van der Waals surface area (Å²) in [5, 5.41) is 13.1. The van der Waals surface area contributed by atoms with Gasteiger partial charge < -0.3 is 10.4 Å². The van der Waals surface area contributed by atoms with Crippen LogP contribution in [0.1, 0.15) is 31.4 Å². The lowest BCUT2D eigenvalue weighted by Gasteiger charge is -2.05. The van der Waals surface area contributed by atoms with Gasteiger partial charge in [0.15, 0.2) is 0 Å². The number of hydrogen-bond acceptors (Lipinski definition) is 4. The highest BCUT2D eigenvalue weighted by Crippen LogP contribution is 2.20. The molecule has 1 aliphatic rings. The molecule has 4 nitrogen and oxygen atoms in total. The first-order valence-electron chi connectivity index (χ1n) is 5.71. The minimum absolute atomic E-state index is 0.0684. The Labute approximate surface area is 105 Å². The van der Waals surface area contributed by atoms with Crippen LogP contribution in [0.2, 0.25) is 0 Å². The van der Waals surface area contributed by atoms with Crippen LogP contribution in [0.4, 0.5) is 0 Å². The highest BCUT2D eigenvalue weighted by Gasteiger charge is 2.22. The van der Waals surface area contributed by atoms with Gasteiger partial charge in [0.2, 0.25) is 5.91 Å². The monoisotopic (exact) mass is 252 g/mol. The number of nitrogens with one attached hydrogen (secondary N) is 1. The number of amides is 1. The lowest BCUT2D eigenvalue weighted by molar-refractivity contribution is -0.118. The summed E-state index contributed by atoms with van der Waals surface area (Å²) in [5.41, 5.74) is 0.789. The first-order chi connectivity index (χ1) is 8.15. The van der Waals surface area contributed by atoms with Crippen molar-refractivity contribution in [3.63, 3.8) is 0 Å². The Morgan fingerprint density at radius 3 is 2.94 bits per heavy atom. The fraction of sp³-hybridized carbons (Fsp3) is 0.500. The second kappa shape index (κ2) is 5.51. The van der Waals surface area contributed by atoms with E-state index >= 15 is 0 Å². The highest BCUT2D eigenvalue weighted by molar-refractivity contribution is 7.99. The number of nitrogens with zero attached hydrogens (tertiary/aromatic N) is 1. The lowest BCUT2D eigenvalue weighted by atomic mass is 10.2. The van der Waals surface area contributed by atoms with Gasteiger partial charge in [-0.3, -0.25) is 4.79 Å². The number of carbonyl (C=O) groups is 1. The largest absolute Gasteiger partial charge is 0.389 e. The molecule has 17 heavy (non-hydrogen) atoms. The molecule has 0 radical (unpaired) electrons. The third-order valence-electron chi connectivity index (χ3n) is 2.54. The third kappa shape index (κ3) is 4.02. The number of hydrogen-bond donors (Lipinski definition) is 2. The summed E-state index contributed by atoms with van der Waals surface area (Å²) in [6, 6.07) is 4.07. The molecule has 0 spiro atoms. The first-order valence-corrected chi connectivity index (χ1v) is 6.70. The van der Waals surface area contributed by atoms with Crippen LogP contribution in [0, 0.1) is 0 Å². The van der Waals surface area contributed by atoms with Crippen molar-refractivity contribution in [3.05, 3.63) is 23.9 Å². The van der Waals surface area contributed by atoms with Crippen molar-refractivity contribution in [1.29, 1.82) is 0 Å². The molecule has 1 aliphatic carbocycles. The van der Waals surface area contributed by atoms with Crippen molar-refractivity contribution in [3.8, 4) is 0 Å². The van der Waals surface area contributed by atoms with Gasteiger partial charge in [0, 0.05) is 12.2 Å². The third-order valence-corrected chi connectivity index (χ3v) is 3.48. The SMILES string of the molecule is C[C@H](O)c1ccc(SCC(=O)NC2CC2)nc1. The normalized spacial score (nSPS) is 16.6. The minimum atomic E-state index is -0.500. The average molecular weight is 252 g/mol. The molecule has 1 aromatic heterocycles. The van der Waals surface area contributed by atoms with Gasteiger partial charge in [0.05, 0.1) is 16.9 Å². The number of aliphatic hydroxyl groups is 1. The van der Waals surface area contributed by atoms with Crippen LogP contribution in [0.15, 0.2) is 23.4 Å². The van der Waals surface area contributed by atoms with Crippen LogP contribution in [0.5, 0.6) is 0 Å². The summed E-state index contributed by atoms with van der Waals surface area (Å²) < 4.78 is 0. The van der Waals surface area contributed by atoms with Crippen LogP contribution < -0.4 is 5.32 Å². The number of pyridine rings is 1. The zero-order valence-electron chi connectivity index (χ0n) is 9.72. The van der Waals surface area contributed by atoms with Gasteiger partial charge in [-0.05, 0) is 31.4 Å². The molecule has 5 heteroatoms. The zero-order chi connectivity index (χ0) is 12.3. The molecule has 0 saturated heterocycles. The Morgan fingerprint density at radius 1 is 1.65 bits per heavy atom. The van der Waals surface area contributed by atoms with Crippen molar-refractivity contribution in [1.82, 2.24) is 10.3 Å². The predicted octanol–water partition coefficient (Wildman–Crippen LogP) is 1.51. The number of thioether (sulfide) groups is 1. The van der Waals surface area contributed by atoms with Crippen molar-refractivity contribution in [2.24, 2.45) is 0 Å². The van der Waals surface area contributed by atoms with E-state index in [0.717, 1.165) is 23.4 Å². The second-order valence-corrected chi connectivity index (χ2v) is 5.23. The summed E-state index contributed by atoms with van der Waals surface area (Å²) in [5.74, 6) is 0.469. The minimum Gasteiger partial charge on any atom is -0.389 e. The summed E-state index contributed by atoms with van der Waals surface area (Å²) in [4.78, 5) is 15.6. The molecule has 0 bridgehead atoms. The summed E-state index contributed by atoms with van der Waals surface area (Å²) >= 11 is 1.41. The maximum Gasteiger partial charge on any atom is 0.230 e. The van der Waals surface area contributed by atoms with E-state index in [-0.39, 0.29) is 5.91 Å². The van der Waals surface area contributed by atoms with E-state index in [2.05, 4.69) is 10.3 Å². The van der Waals surface area contributed by atoms with Gasteiger partial charge in [0.1, 0.15) is 0 Å².